The first-order chi connectivity index (χ1) is 31.7. The van der Waals surface area contributed by atoms with E-state index in [2.05, 4.69) is 134 Å². The van der Waals surface area contributed by atoms with Gasteiger partial charge in [-0.05, 0) is 140 Å². The summed E-state index contributed by atoms with van der Waals surface area (Å²) in [5.74, 6) is 0. The molecule has 0 amide bonds. The lowest BCUT2D eigenvalue weighted by atomic mass is 9.89. The lowest BCUT2D eigenvalue weighted by Gasteiger charge is -2.16. The van der Waals surface area contributed by atoms with Crippen LogP contribution in [0, 0.1) is 0 Å². The minimum absolute atomic E-state index is 0.809. The van der Waals surface area contributed by atoms with Crippen molar-refractivity contribution in [2.45, 2.75) is 0 Å². The molecule has 11 aromatic rings. The summed E-state index contributed by atoms with van der Waals surface area (Å²) >= 11 is 0. The van der Waals surface area contributed by atoms with Gasteiger partial charge in [0.1, 0.15) is 0 Å². The smallest absolute Gasteiger partial charge is 0.0788 e. The normalized spacial score (nSPS) is 12.2. The van der Waals surface area contributed by atoms with Gasteiger partial charge in [-0.2, -0.15) is 0 Å². The molecule has 64 heavy (non-hydrogen) atoms. The molecule has 13 rings (SSSR count). The molecule has 7 aromatic heterocycles. The second kappa shape index (κ2) is 14.4. The summed E-state index contributed by atoms with van der Waals surface area (Å²) in [6.45, 7) is 0. The average Bonchev–Trinajstić information content (AvgIpc) is 4.21. The molecule has 2 aliphatic rings. The zero-order valence-electron chi connectivity index (χ0n) is 34.2. The molecule has 8 nitrogen and oxygen atoms in total. The topological polar surface area (TPSA) is 109 Å². The van der Waals surface area contributed by atoms with Crippen molar-refractivity contribution >= 4 is 78.7 Å². The quantitative estimate of drug-likeness (QED) is 0.167. The number of fused-ring (bicyclic) bond motifs is 8. The lowest BCUT2D eigenvalue weighted by molar-refractivity contribution is 1.29. The Morgan fingerprint density at radius 2 is 0.766 bits per heavy atom. The van der Waals surface area contributed by atoms with E-state index in [0.29, 0.717) is 0 Å². The maximum Gasteiger partial charge on any atom is 0.0788 e. The van der Waals surface area contributed by atoms with Crippen LogP contribution in [0.2, 0.25) is 0 Å². The van der Waals surface area contributed by atoms with Crippen LogP contribution in [-0.2, 0) is 0 Å². The molecule has 0 unspecified atom stereocenters. The fourth-order valence-corrected chi connectivity index (χ4v) is 9.72. The van der Waals surface area contributed by atoms with E-state index in [1.54, 1.807) is 0 Å². The zero-order chi connectivity index (χ0) is 42.1. The summed E-state index contributed by atoms with van der Waals surface area (Å²) in [4.78, 5) is 37.0. The highest BCUT2D eigenvalue weighted by molar-refractivity contribution is 6.25. The van der Waals surface area contributed by atoms with Gasteiger partial charge in [0.2, 0.25) is 0 Å². The molecular formula is C56H34N8. The van der Waals surface area contributed by atoms with E-state index in [0.717, 1.165) is 106 Å². The van der Waals surface area contributed by atoms with Crippen molar-refractivity contribution in [2.75, 3.05) is 0 Å². The molecule has 298 valence electrons. The Balaban J connectivity index is 1.17. The van der Waals surface area contributed by atoms with Crippen LogP contribution < -0.4 is 0 Å². The van der Waals surface area contributed by atoms with Crippen molar-refractivity contribution in [2.24, 2.45) is 0 Å². The number of aromatic amines is 2. The summed E-state index contributed by atoms with van der Waals surface area (Å²) in [5, 5.41) is 7.32. The van der Waals surface area contributed by atoms with E-state index >= 15 is 0 Å². The fraction of sp³-hybridized carbons (Fsp3) is 0. The van der Waals surface area contributed by atoms with Crippen LogP contribution >= 0.6 is 0 Å². The largest absolute Gasteiger partial charge is 0.354 e. The fourth-order valence-electron chi connectivity index (χ4n) is 9.72. The molecule has 8 heteroatoms. The van der Waals surface area contributed by atoms with Crippen LogP contribution in [0.1, 0.15) is 22.8 Å². The minimum atomic E-state index is 0.809. The van der Waals surface area contributed by atoms with E-state index in [9.17, 15) is 0 Å². The standard InChI is InChI=1S/C56H34N8/c1-3-33-6-7-35-9-11-40(39-10-8-34(4-1)50(33)51(35)39)56-41(5-2-26-60-56)55-48-18-16-46(63-48)53(37-22-29-58-30-23-37)44-14-12-42(61-44)52(36-20-27-57-28-21-36)43-13-15-45(62-43)54(38-24-31-59-32-25-38)47-17-19-49(55)64-47/h1-32,61,64H. The number of hydrogen-bond donors (Lipinski definition) is 2. The Morgan fingerprint density at radius 3 is 1.28 bits per heavy atom. The van der Waals surface area contributed by atoms with Crippen molar-refractivity contribution in [1.82, 2.24) is 39.9 Å². The Kier molecular flexibility index (Phi) is 8.04. The molecule has 0 saturated heterocycles. The third kappa shape index (κ3) is 5.70. The Hall–Kier alpha value is -8.88. The number of hydrogen-bond acceptors (Lipinski definition) is 6. The molecule has 8 bridgehead atoms. The van der Waals surface area contributed by atoms with Crippen LogP contribution in [0.25, 0.3) is 134 Å². The number of benzene rings is 4. The molecule has 0 aliphatic carbocycles. The maximum atomic E-state index is 5.55. The van der Waals surface area contributed by atoms with Crippen LogP contribution in [-0.4, -0.2) is 39.9 Å². The maximum absolute atomic E-state index is 5.55. The van der Waals surface area contributed by atoms with Gasteiger partial charge in [0.15, 0.2) is 0 Å². The number of H-pyrrole nitrogens is 2. The van der Waals surface area contributed by atoms with Crippen molar-refractivity contribution < 1.29 is 0 Å². The minimum Gasteiger partial charge on any atom is -0.354 e. The van der Waals surface area contributed by atoms with Gasteiger partial charge < -0.3 is 9.97 Å². The number of nitrogens with zero attached hydrogens (tertiary/aromatic N) is 6. The van der Waals surface area contributed by atoms with E-state index in [-0.39, 0.29) is 0 Å². The Morgan fingerprint density at radius 1 is 0.328 bits per heavy atom. The highest BCUT2D eigenvalue weighted by Crippen LogP contribution is 2.44. The second-order valence-corrected chi connectivity index (χ2v) is 16.1. The van der Waals surface area contributed by atoms with E-state index in [4.69, 9.17) is 15.0 Å². The summed E-state index contributed by atoms with van der Waals surface area (Å²) in [6, 6.07) is 44.8. The van der Waals surface area contributed by atoms with Gasteiger partial charge in [0.05, 0.1) is 28.5 Å². The summed E-state index contributed by atoms with van der Waals surface area (Å²) in [7, 11) is 0. The van der Waals surface area contributed by atoms with E-state index < -0.39 is 0 Å². The second-order valence-electron chi connectivity index (χ2n) is 16.1. The number of rotatable bonds is 5. The zero-order valence-corrected chi connectivity index (χ0v) is 34.2. The summed E-state index contributed by atoms with van der Waals surface area (Å²) in [6.07, 6.45) is 21.3. The van der Waals surface area contributed by atoms with Crippen LogP contribution in [0.3, 0.4) is 0 Å². The predicted octanol–water partition coefficient (Wildman–Crippen LogP) is 13.5. The molecule has 2 N–H and O–H groups in total. The molecule has 2 aliphatic heterocycles. The van der Waals surface area contributed by atoms with Crippen LogP contribution in [0.5, 0.6) is 0 Å². The van der Waals surface area contributed by atoms with Gasteiger partial charge >= 0.3 is 0 Å². The van der Waals surface area contributed by atoms with Crippen molar-refractivity contribution in [1.29, 1.82) is 0 Å². The van der Waals surface area contributed by atoms with Gasteiger partial charge in [-0.25, -0.2) is 9.97 Å². The molecule has 0 radical (unpaired) electrons. The number of nitrogens with one attached hydrogen (secondary N) is 2. The third-order valence-electron chi connectivity index (χ3n) is 12.5. The average molecular weight is 819 g/mol. The predicted molar refractivity (Wildman–Crippen MR) is 261 cm³/mol. The Bertz CT molecular complexity index is 3830. The number of aromatic nitrogens is 8. The van der Waals surface area contributed by atoms with E-state index in [1.807, 2.05) is 85.8 Å². The van der Waals surface area contributed by atoms with Gasteiger partial charge in [-0.3, -0.25) is 19.9 Å². The van der Waals surface area contributed by atoms with Crippen LogP contribution in [0.15, 0.2) is 171 Å². The first-order valence-electron chi connectivity index (χ1n) is 21.2. The van der Waals surface area contributed by atoms with Gasteiger partial charge in [0.25, 0.3) is 0 Å². The van der Waals surface area contributed by atoms with Crippen molar-refractivity contribution in [3.05, 3.63) is 194 Å². The first kappa shape index (κ1) is 35.8. The van der Waals surface area contributed by atoms with Crippen molar-refractivity contribution in [3.63, 3.8) is 0 Å². The Labute approximate surface area is 366 Å². The number of pyridine rings is 4. The van der Waals surface area contributed by atoms with Gasteiger partial charge in [0, 0.05) is 98.8 Å². The molecule has 0 spiro atoms. The van der Waals surface area contributed by atoms with E-state index in [1.165, 1.54) is 26.9 Å². The monoisotopic (exact) mass is 818 g/mol. The highest BCUT2D eigenvalue weighted by Gasteiger charge is 2.22. The van der Waals surface area contributed by atoms with Crippen molar-refractivity contribution in [3.8, 4) is 55.8 Å². The molecule has 0 saturated carbocycles. The van der Waals surface area contributed by atoms with Gasteiger partial charge in [-0.15, -0.1) is 0 Å². The molecule has 0 atom stereocenters. The molecule has 0 fully saturated rings. The molecule has 9 heterocycles. The molecule has 4 aromatic carbocycles. The SMILES string of the molecule is C1=Cc2nc1c(-c1ccncc1)c1ccc([nH]1)c(-c1ccncc1)c1nc(c(-c3cccnc3-c3ccc4ccc5cccc6ccc3c4c56)c3ccc([nH]3)c2-c2ccncc2)C=C1. The van der Waals surface area contributed by atoms with Crippen LogP contribution in [0.4, 0.5) is 0 Å². The van der Waals surface area contributed by atoms with Gasteiger partial charge in [-0.1, -0.05) is 60.7 Å². The molecular weight excluding hydrogens is 785 g/mol. The summed E-state index contributed by atoms with van der Waals surface area (Å²) in [5.41, 5.74) is 16.6. The lowest BCUT2D eigenvalue weighted by Crippen LogP contribution is -1.94. The summed E-state index contributed by atoms with van der Waals surface area (Å²) < 4.78 is 0. The first-order valence-corrected chi connectivity index (χ1v) is 21.2. The third-order valence-corrected chi connectivity index (χ3v) is 12.5. The highest BCUT2D eigenvalue weighted by atomic mass is 14.8.